The smallest absolute Gasteiger partial charge is 0.190 e. The molecule has 1 heterocycles. The van der Waals surface area contributed by atoms with E-state index >= 15 is 0 Å². The molecule has 3 aliphatic carbocycles. The summed E-state index contributed by atoms with van der Waals surface area (Å²) in [5.74, 6) is 1.16. The van der Waals surface area contributed by atoms with E-state index in [1.807, 2.05) is 6.07 Å². The van der Waals surface area contributed by atoms with Gasteiger partial charge in [0.1, 0.15) is 5.76 Å². The summed E-state index contributed by atoms with van der Waals surface area (Å²) in [6.07, 6.45) is 8.90. The van der Waals surface area contributed by atoms with Crippen molar-refractivity contribution >= 4 is 23.1 Å². The van der Waals surface area contributed by atoms with Gasteiger partial charge in [0.15, 0.2) is 17.3 Å². The number of aliphatic hydroxyl groups is 1. The Morgan fingerprint density at radius 3 is 2.48 bits per heavy atom. The Morgan fingerprint density at radius 2 is 1.74 bits per heavy atom. The minimum Gasteiger partial charge on any atom is -0.510 e. The molecule has 6 heteroatoms. The van der Waals surface area contributed by atoms with Crippen LogP contribution in [0.25, 0.3) is 0 Å². The molecule has 0 bridgehead atoms. The van der Waals surface area contributed by atoms with Gasteiger partial charge in [-0.15, -0.1) is 10.2 Å². The first-order chi connectivity index (χ1) is 11.2. The van der Waals surface area contributed by atoms with Crippen LogP contribution in [0.2, 0.25) is 0 Å². The molecule has 0 aliphatic heterocycles. The average molecular weight is 331 g/mol. The van der Waals surface area contributed by atoms with E-state index in [1.165, 1.54) is 42.1 Å². The standard InChI is InChI=1S/C17H21N3O2S/c21-16-11-7-3-4-8-12(11)17(22)15(16)19-18-14-9-13(23-20-14)10-5-1-2-6-10/h9-12,21H,1-8H2. The molecule has 4 rings (SSSR count). The van der Waals surface area contributed by atoms with Crippen molar-refractivity contribution in [1.82, 2.24) is 4.37 Å². The predicted molar refractivity (Wildman–Crippen MR) is 87.9 cm³/mol. The van der Waals surface area contributed by atoms with E-state index in [0.29, 0.717) is 11.7 Å². The Hall–Kier alpha value is -1.56. The first-order valence-electron chi connectivity index (χ1n) is 8.59. The average Bonchev–Trinajstić information content (AvgIpc) is 3.29. The fraction of sp³-hybridized carbons (Fsp3) is 0.647. The number of aliphatic hydroxyl groups excluding tert-OH is 1. The van der Waals surface area contributed by atoms with Gasteiger partial charge in [0.05, 0.1) is 0 Å². The van der Waals surface area contributed by atoms with Crippen molar-refractivity contribution in [2.24, 2.45) is 22.1 Å². The van der Waals surface area contributed by atoms with Crippen molar-refractivity contribution in [3.05, 3.63) is 22.4 Å². The number of allylic oxidation sites excluding steroid dienone is 2. The molecule has 1 N–H and O–H groups in total. The molecule has 2 atom stereocenters. The second-order valence-electron chi connectivity index (χ2n) is 6.86. The van der Waals surface area contributed by atoms with Crippen LogP contribution in [0, 0.1) is 11.8 Å². The number of carbonyl (C=O) groups excluding carboxylic acids is 1. The van der Waals surface area contributed by atoms with Crippen LogP contribution in [0.3, 0.4) is 0 Å². The van der Waals surface area contributed by atoms with Gasteiger partial charge >= 0.3 is 0 Å². The molecule has 1 aromatic heterocycles. The number of hydrogen-bond acceptors (Lipinski definition) is 6. The number of Topliss-reactive ketones (excluding diaryl/α,β-unsaturated/α-hetero) is 1. The minimum absolute atomic E-state index is 0.0327. The van der Waals surface area contributed by atoms with Gasteiger partial charge in [-0.3, -0.25) is 4.79 Å². The van der Waals surface area contributed by atoms with Gasteiger partial charge in [-0.2, -0.15) is 4.37 Å². The van der Waals surface area contributed by atoms with Gasteiger partial charge in [0.2, 0.25) is 0 Å². The number of ketones is 1. The topological polar surface area (TPSA) is 74.9 Å². The summed E-state index contributed by atoms with van der Waals surface area (Å²) in [7, 11) is 0. The number of carbonyl (C=O) groups is 1. The van der Waals surface area contributed by atoms with Crippen LogP contribution in [-0.2, 0) is 4.79 Å². The van der Waals surface area contributed by atoms with E-state index in [-0.39, 0.29) is 29.1 Å². The molecule has 3 aliphatic rings. The third kappa shape index (κ3) is 2.73. The molecule has 23 heavy (non-hydrogen) atoms. The molecule has 2 fully saturated rings. The van der Waals surface area contributed by atoms with Crippen LogP contribution in [0.1, 0.15) is 62.2 Å². The lowest BCUT2D eigenvalue weighted by Gasteiger charge is -2.23. The lowest BCUT2D eigenvalue weighted by Crippen LogP contribution is -2.21. The van der Waals surface area contributed by atoms with Crippen molar-refractivity contribution in [3.8, 4) is 0 Å². The second kappa shape index (κ2) is 6.15. The van der Waals surface area contributed by atoms with Crippen LogP contribution < -0.4 is 0 Å². The lowest BCUT2D eigenvalue weighted by atomic mass is 9.80. The van der Waals surface area contributed by atoms with Crippen molar-refractivity contribution in [2.75, 3.05) is 0 Å². The highest BCUT2D eigenvalue weighted by atomic mass is 32.1. The lowest BCUT2D eigenvalue weighted by molar-refractivity contribution is -0.120. The predicted octanol–water partition coefficient (Wildman–Crippen LogP) is 5.04. The Kier molecular flexibility index (Phi) is 4.01. The van der Waals surface area contributed by atoms with Crippen LogP contribution >= 0.6 is 11.5 Å². The van der Waals surface area contributed by atoms with E-state index in [1.54, 1.807) is 0 Å². The highest BCUT2D eigenvalue weighted by Gasteiger charge is 2.43. The zero-order chi connectivity index (χ0) is 15.8. The molecular weight excluding hydrogens is 310 g/mol. The summed E-state index contributed by atoms with van der Waals surface area (Å²) in [5.41, 5.74) is 0.164. The monoisotopic (exact) mass is 331 g/mol. The van der Waals surface area contributed by atoms with Gasteiger partial charge in [0, 0.05) is 22.8 Å². The van der Waals surface area contributed by atoms with Crippen molar-refractivity contribution < 1.29 is 9.90 Å². The van der Waals surface area contributed by atoms with Gasteiger partial charge < -0.3 is 5.11 Å². The van der Waals surface area contributed by atoms with Crippen molar-refractivity contribution in [3.63, 3.8) is 0 Å². The number of aromatic nitrogens is 1. The third-order valence-electron chi connectivity index (χ3n) is 5.46. The Balaban J connectivity index is 1.52. The Labute approximate surface area is 139 Å². The molecule has 0 spiro atoms. The first kappa shape index (κ1) is 15.0. The highest BCUT2D eigenvalue weighted by Crippen LogP contribution is 2.43. The number of nitrogens with zero attached hydrogens (tertiary/aromatic N) is 3. The van der Waals surface area contributed by atoms with Crippen LogP contribution in [0.15, 0.2) is 27.8 Å². The number of azo groups is 1. The van der Waals surface area contributed by atoms with E-state index in [4.69, 9.17) is 0 Å². The largest absolute Gasteiger partial charge is 0.510 e. The minimum atomic E-state index is -0.0813. The molecule has 1 aromatic rings. The second-order valence-corrected chi connectivity index (χ2v) is 7.70. The van der Waals surface area contributed by atoms with Crippen LogP contribution in [0.5, 0.6) is 0 Å². The van der Waals surface area contributed by atoms with Gasteiger partial charge in [-0.25, -0.2) is 0 Å². The summed E-state index contributed by atoms with van der Waals surface area (Å²) in [4.78, 5) is 13.7. The van der Waals surface area contributed by atoms with E-state index in [9.17, 15) is 9.90 Å². The first-order valence-corrected chi connectivity index (χ1v) is 9.37. The molecule has 122 valence electrons. The van der Waals surface area contributed by atoms with Crippen molar-refractivity contribution in [1.29, 1.82) is 0 Å². The van der Waals surface area contributed by atoms with E-state index < -0.39 is 0 Å². The molecular formula is C17H21N3O2S. The van der Waals surface area contributed by atoms with E-state index in [0.717, 1.165) is 25.7 Å². The van der Waals surface area contributed by atoms with Gasteiger partial charge in [0.25, 0.3) is 0 Å². The summed E-state index contributed by atoms with van der Waals surface area (Å²) in [6.45, 7) is 0. The molecule has 2 saturated carbocycles. The maximum Gasteiger partial charge on any atom is 0.190 e. The van der Waals surface area contributed by atoms with Crippen molar-refractivity contribution in [2.45, 2.75) is 57.3 Å². The van der Waals surface area contributed by atoms with Gasteiger partial charge in [-0.1, -0.05) is 25.7 Å². The number of rotatable bonds is 3. The zero-order valence-electron chi connectivity index (χ0n) is 13.1. The highest BCUT2D eigenvalue weighted by molar-refractivity contribution is 7.06. The number of hydrogen-bond donors (Lipinski definition) is 1. The fourth-order valence-corrected chi connectivity index (χ4v) is 5.01. The normalized spacial score (nSPS) is 29.0. The maximum atomic E-state index is 12.4. The number of fused-ring (bicyclic) bond motifs is 1. The summed E-state index contributed by atoms with van der Waals surface area (Å²) in [5, 5.41) is 18.5. The summed E-state index contributed by atoms with van der Waals surface area (Å²) in [6, 6.07) is 1.98. The molecule has 0 amide bonds. The molecule has 0 saturated heterocycles. The quantitative estimate of drug-likeness (QED) is 0.788. The Bertz CT molecular complexity index is 673. The SMILES string of the molecule is O=C1C(N=Nc2cc(C3CCCC3)sn2)=C(O)C2CCCCC12. The zero-order valence-corrected chi connectivity index (χ0v) is 13.9. The molecule has 0 aromatic carbocycles. The third-order valence-corrected chi connectivity index (χ3v) is 6.40. The van der Waals surface area contributed by atoms with Crippen LogP contribution in [0.4, 0.5) is 5.82 Å². The summed E-state index contributed by atoms with van der Waals surface area (Å²) < 4.78 is 4.33. The maximum absolute atomic E-state index is 12.4. The molecule has 0 radical (unpaired) electrons. The van der Waals surface area contributed by atoms with Gasteiger partial charge in [-0.05, 0) is 43.1 Å². The fourth-order valence-electron chi connectivity index (χ4n) is 4.18. The summed E-state index contributed by atoms with van der Waals surface area (Å²) >= 11 is 1.48. The molecule has 5 nitrogen and oxygen atoms in total. The van der Waals surface area contributed by atoms with E-state index in [2.05, 4.69) is 14.6 Å². The van der Waals surface area contributed by atoms with Crippen LogP contribution in [-0.4, -0.2) is 15.3 Å². The molecule has 2 unspecified atom stereocenters. The Morgan fingerprint density at radius 1 is 1.04 bits per heavy atom.